The third-order valence-corrected chi connectivity index (χ3v) is 3.75. The first-order valence-corrected chi connectivity index (χ1v) is 8.17. The van der Waals surface area contributed by atoms with Crippen molar-refractivity contribution in [2.75, 3.05) is 0 Å². The van der Waals surface area contributed by atoms with Gasteiger partial charge in [0.25, 0.3) is 0 Å². The number of rotatable bonds is 2. The van der Waals surface area contributed by atoms with Gasteiger partial charge in [0, 0.05) is 0 Å². The quantitative estimate of drug-likeness (QED) is 0.529. The summed E-state index contributed by atoms with van der Waals surface area (Å²) in [7, 11) is 0. The molecule has 0 aliphatic carbocycles. The average molecular weight is 302 g/mol. The van der Waals surface area contributed by atoms with Crippen LogP contribution in [0.2, 0.25) is 0 Å². The minimum Gasteiger partial charge on any atom is -0.0617 e. The molecule has 23 heavy (non-hydrogen) atoms. The lowest BCUT2D eigenvalue weighted by molar-refractivity contribution is 1.17. The Balaban J connectivity index is 0.000000203. The van der Waals surface area contributed by atoms with Crippen LogP contribution < -0.4 is 0 Å². The van der Waals surface area contributed by atoms with E-state index in [2.05, 4.69) is 100 Å². The summed E-state index contributed by atoms with van der Waals surface area (Å²) in [4.78, 5) is 0. The lowest BCUT2D eigenvalue weighted by Gasteiger charge is -2.03. The van der Waals surface area contributed by atoms with E-state index in [9.17, 15) is 0 Å². The number of aryl methyl sites for hydroxylation is 4. The summed E-state index contributed by atoms with van der Waals surface area (Å²) in [5.41, 5.74) is 8.12. The Labute approximate surface area is 140 Å². The molecule has 0 saturated heterocycles. The lowest BCUT2D eigenvalue weighted by atomic mass is 10.0. The Morgan fingerprint density at radius 3 is 1.13 bits per heavy atom. The van der Waals surface area contributed by atoms with E-state index < -0.39 is 0 Å². The van der Waals surface area contributed by atoms with Gasteiger partial charge in [-0.3, -0.25) is 0 Å². The van der Waals surface area contributed by atoms with Crippen molar-refractivity contribution in [2.24, 2.45) is 0 Å². The molecule has 0 nitrogen and oxygen atoms in total. The van der Waals surface area contributed by atoms with Gasteiger partial charge in [-0.25, -0.2) is 0 Å². The predicted octanol–water partition coefficient (Wildman–Crippen LogP) is 6.20. The third-order valence-electron chi connectivity index (χ3n) is 3.75. The molecule has 0 bridgehead atoms. The second kappa shape index (κ2) is 8.33. The predicted molar refractivity (Wildman–Crippen MR) is 101 cm³/mol. The molecule has 0 atom stereocenters. The maximum absolute atomic E-state index is 2.25. The molecule has 0 radical (unpaired) electrons. The molecule has 0 N–H and O–H groups in total. The molecule has 0 heterocycles. The largest absolute Gasteiger partial charge is 0.0617 e. The van der Waals surface area contributed by atoms with Crippen molar-refractivity contribution in [1.29, 1.82) is 0 Å². The molecule has 3 rings (SSSR count). The van der Waals surface area contributed by atoms with E-state index in [4.69, 9.17) is 0 Å². The zero-order valence-electron chi connectivity index (χ0n) is 14.6. The van der Waals surface area contributed by atoms with Crippen molar-refractivity contribution in [1.82, 2.24) is 0 Å². The first-order chi connectivity index (χ1) is 11.0. The molecule has 0 aliphatic rings. The highest BCUT2D eigenvalue weighted by Gasteiger charge is 1.96. The van der Waals surface area contributed by atoms with Crippen LogP contribution in [0, 0.1) is 27.7 Å². The summed E-state index contributed by atoms with van der Waals surface area (Å²) < 4.78 is 0. The fourth-order valence-electron chi connectivity index (χ4n) is 2.69. The molecule has 0 aliphatic heterocycles. The summed E-state index contributed by atoms with van der Waals surface area (Å²) in [6.07, 6.45) is 1.03. The van der Waals surface area contributed by atoms with Crippen LogP contribution in [0.15, 0.2) is 72.8 Å². The van der Waals surface area contributed by atoms with Crippen LogP contribution in [0.25, 0.3) is 0 Å². The minimum absolute atomic E-state index is 1.03. The molecular weight excluding hydrogens is 276 g/mol. The fourth-order valence-corrected chi connectivity index (χ4v) is 2.69. The lowest BCUT2D eigenvalue weighted by Crippen LogP contribution is -1.89. The Morgan fingerprint density at radius 1 is 0.478 bits per heavy atom. The van der Waals surface area contributed by atoms with Gasteiger partial charge in [-0.1, -0.05) is 95.1 Å². The zero-order valence-corrected chi connectivity index (χ0v) is 14.6. The van der Waals surface area contributed by atoms with E-state index in [1.165, 1.54) is 33.4 Å². The zero-order chi connectivity index (χ0) is 16.7. The molecule has 3 aromatic carbocycles. The highest BCUT2D eigenvalue weighted by Crippen LogP contribution is 2.12. The van der Waals surface area contributed by atoms with E-state index >= 15 is 0 Å². The number of benzene rings is 3. The third kappa shape index (κ3) is 6.12. The van der Waals surface area contributed by atoms with Crippen LogP contribution in [0.5, 0.6) is 0 Å². The topological polar surface area (TPSA) is 0 Å². The van der Waals surface area contributed by atoms with Crippen molar-refractivity contribution in [2.45, 2.75) is 34.1 Å². The summed E-state index contributed by atoms with van der Waals surface area (Å²) in [6, 6.07) is 25.9. The van der Waals surface area contributed by atoms with Gasteiger partial charge in [0.05, 0.1) is 0 Å². The summed E-state index contributed by atoms with van der Waals surface area (Å²) in [6.45, 7) is 8.49. The van der Waals surface area contributed by atoms with Gasteiger partial charge in [-0.15, -0.1) is 0 Å². The molecular formula is C23H26. The molecule has 0 amide bonds. The first-order valence-electron chi connectivity index (χ1n) is 8.17. The van der Waals surface area contributed by atoms with Crippen molar-refractivity contribution >= 4 is 0 Å². The minimum atomic E-state index is 1.03. The van der Waals surface area contributed by atoms with E-state index in [0.717, 1.165) is 6.42 Å². The van der Waals surface area contributed by atoms with Crippen molar-refractivity contribution in [3.05, 3.63) is 106 Å². The van der Waals surface area contributed by atoms with Crippen molar-refractivity contribution < 1.29 is 0 Å². The monoisotopic (exact) mass is 302 g/mol. The Morgan fingerprint density at radius 2 is 0.826 bits per heavy atom. The van der Waals surface area contributed by atoms with Crippen molar-refractivity contribution in [3.8, 4) is 0 Å². The van der Waals surface area contributed by atoms with Gasteiger partial charge >= 0.3 is 0 Å². The molecule has 0 heteroatoms. The maximum Gasteiger partial charge on any atom is -0.00256 e. The molecule has 3 aromatic rings. The standard InChI is InChI=1S/C15H16.C8H10/c1-12-5-3-7-14(9-12)11-15-8-4-6-13(2)10-15;1-7-4-3-5-8(2)6-7/h3-10H,11H2,1-2H3;3-6H,1-2H3. The highest BCUT2D eigenvalue weighted by atomic mass is 14.0. The smallest absolute Gasteiger partial charge is 0.00256 e. The molecule has 0 unspecified atom stereocenters. The highest BCUT2D eigenvalue weighted by molar-refractivity contribution is 5.30. The second-order valence-corrected chi connectivity index (χ2v) is 6.31. The van der Waals surface area contributed by atoms with Crippen LogP contribution in [0.4, 0.5) is 0 Å². The number of hydrogen-bond acceptors (Lipinski definition) is 0. The fraction of sp³-hybridized carbons (Fsp3) is 0.217. The summed E-state index contributed by atoms with van der Waals surface area (Å²) in [5, 5.41) is 0. The molecule has 0 spiro atoms. The van der Waals surface area contributed by atoms with Gasteiger partial charge in [0.15, 0.2) is 0 Å². The van der Waals surface area contributed by atoms with Crippen LogP contribution >= 0.6 is 0 Å². The van der Waals surface area contributed by atoms with Gasteiger partial charge in [-0.2, -0.15) is 0 Å². The van der Waals surface area contributed by atoms with E-state index in [1.54, 1.807) is 0 Å². The molecule has 0 saturated carbocycles. The van der Waals surface area contributed by atoms with Crippen LogP contribution in [0.1, 0.15) is 33.4 Å². The van der Waals surface area contributed by atoms with E-state index in [1.807, 2.05) is 0 Å². The summed E-state index contributed by atoms with van der Waals surface area (Å²) in [5.74, 6) is 0. The number of hydrogen-bond donors (Lipinski definition) is 0. The summed E-state index contributed by atoms with van der Waals surface area (Å²) >= 11 is 0. The SMILES string of the molecule is Cc1cccc(C)c1.Cc1cccc(Cc2cccc(C)c2)c1. The average Bonchev–Trinajstić information content (AvgIpc) is 2.47. The first kappa shape index (κ1) is 17.0. The van der Waals surface area contributed by atoms with Crippen molar-refractivity contribution in [3.63, 3.8) is 0 Å². The van der Waals surface area contributed by atoms with Gasteiger partial charge < -0.3 is 0 Å². The maximum atomic E-state index is 2.25. The Kier molecular flexibility index (Phi) is 6.17. The molecule has 0 aromatic heterocycles. The molecule has 118 valence electrons. The second-order valence-electron chi connectivity index (χ2n) is 6.31. The normalized spacial score (nSPS) is 9.91. The van der Waals surface area contributed by atoms with E-state index in [-0.39, 0.29) is 0 Å². The Hall–Kier alpha value is -2.34. The van der Waals surface area contributed by atoms with E-state index in [0.29, 0.717) is 0 Å². The van der Waals surface area contributed by atoms with Crippen LogP contribution in [-0.2, 0) is 6.42 Å². The van der Waals surface area contributed by atoms with Crippen LogP contribution in [0.3, 0.4) is 0 Å². The van der Waals surface area contributed by atoms with Gasteiger partial charge in [0.1, 0.15) is 0 Å². The Bertz CT molecular complexity index is 692. The van der Waals surface area contributed by atoms with Crippen LogP contribution in [-0.4, -0.2) is 0 Å². The van der Waals surface area contributed by atoms with Gasteiger partial charge in [0.2, 0.25) is 0 Å². The molecule has 0 fully saturated rings. The van der Waals surface area contributed by atoms with Gasteiger partial charge in [-0.05, 0) is 45.2 Å².